The Hall–Kier alpha value is -8.65. The van der Waals surface area contributed by atoms with Crippen molar-refractivity contribution in [3.63, 3.8) is 0 Å². The van der Waals surface area contributed by atoms with Gasteiger partial charge >= 0.3 is 26.9 Å². The molecule has 9 aromatic rings. The molecule has 95 heavy (non-hydrogen) atoms. The van der Waals surface area contributed by atoms with Gasteiger partial charge in [-0.25, -0.2) is 0 Å². The van der Waals surface area contributed by atoms with Gasteiger partial charge in [-0.15, -0.1) is 39.5 Å². The quantitative estimate of drug-likeness (QED) is 0.0419. The van der Waals surface area contributed by atoms with Crippen molar-refractivity contribution in [2.24, 2.45) is 0 Å². The van der Waals surface area contributed by atoms with E-state index in [9.17, 15) is 39.5 Å². The van der Waals surface area contributed by atoms with Gasteiger partial charge in [-0.3, -0.25) is 15.0 Å². The van der Waals surface area contributed by atoms with Crippen LogP contribution in [0.25, 0.3) is 32.7 Å². The van der Waals surface area contributed by atoms with Crippen LogP contribution in [-0.4, -0.2) is 34.0 Å². The molecule has 0 saturated heterocycles. The van der Waals surface area contributed by atoms with Gasteiger partial charge in [0.1, 0.15) is 69.0 Å². The molecular weight excluding hydrogens is 1270 g/mol. The highest BCUT2D eigenvalue weighted by atomic mass is 31.2. The number of benzene rings is 6. The molecular formula is C72H75F9N3O10P. The van der Waals surface area contributed by atoms with Crippen molar-refractivity contribution >= 4 is 40.5 Å². The second-order valence-corrected chi connectivity index (χ2v) is 24.2. The normalized spacial score (nSPS) is 12.2. The lowest BCUT2D eigenvalue weighted by Crippen LogP contribution is -2.16. The molecule has 0 aliphatic heterocycles. The van der Waals surface area contributed by atoms with Crippen LogP contribution in [0.15, 0.2) is 72.8 Å². The van der Waals surface area contributed by atoms with Crippen molar-refractivity contribution in [3.05, 3.63) is 157 Å². The molecule has 13 nitrogen and oxygen atoms in total. The number of hydrogen-bond acceptors (Lipinski definition) is 13. The Morgan fingerprint density at radius 2 is 0.516 bits per heavy atom. The summed E-state index contributed by atoms with van der Waals surface area (Å²) < 4.78 is 193. The number of phosphoric ester groups is 1. The fourth-order valence-electron chi connectivity index (χ4n) is 12.5. The maximum Gasteiger partial charge on any atom is 0.647 e. The van der Waals surface area contributed by atoms with Crippen molar-refractivity contribution in [3.8, 4) is 69.0 Å². The lowest BCUT2D eigenvalue weighted by Gasteiger charge is -2.29. The lowest BCUT2D eigenvalue weighted by atomic mass is 9.92. The second-order valence-electron chi connectivity index (χ2n) is 22.7. The zero-order chi connectivity index (χ0) is 69.4. The first-order chi connectivity index (χ1) is 44.9. The van der Waals surface area contributed by atoms with Crippen LogP contribution in [0.1, 0.15) is 146 Å². The zero-order valence-corrected chi connectivity index (χ0v) is 56.5. The molecule has 0 spiro atoms. The minimum atomic E-state index is -5.40. The molecule has 506 valence electrons. The van der Waals surface area contributed by atoms with E-state index in [0.29, 0.717) is 156 Å². The van der Waals surface area contributed by atoms with Crippen molar-refractivity contribution in [1.29, 1.82) is 0 Å². The molecule has 0 aliphatic carbocycles. The summed E-state index contributed by atoms with van der Waals surface area (Å²) in [6.45, 7) is 28.2. The molecule has 9 rings (SSSR count). The smallest absolute Gasteiger partial charge is 0.457 e. The van der Waals surface area contributed by atoms with Crippen LogP contribution in [0.5, 0.6) is 69.0 Å². The minimum absolute atomic E-state index is 0.0597. The Morgan fingerprint density at radius 3 is 0.705 bits per heavy atom. The van der Waals surface area contributed by atoms with E-state index in [-0.39, 0.29) is 53.8 Å². The molecule has 0 atom stereocenters. The number of aromatic nitrogens is 3. The molecule has 23 heteroatoms. The molecule has 0 N–H and O–H groups in total. The summed E-state index contributed by atoms with van der Waals surface area (Å²) in [5, 5.41) is 1.17. The summed E-state index contributed by atoms with van der Waals surface area (Å²) in [7, 11) is -5.40. The lowest BCUT2D eigenvalue weighted by molar-refractivity contribution is -0.275. The predicted octanol–water partition coefficient (Wildman–Crippen LogP) is 22.0. The number of halogens is 9. The summed E-state index contributed by atoms with van der Waals surface area (Å²) in [6, 6.07) is 15.0. The molecule has 0 radical (unpaired) electrons. The fourth-order valence-corrected chi connectivity index (χ4v) is 14.0. The summed E-state index contributed by atoms with van der Waals surface area (Å²) >= 11 is 0. The summed E-state index contributed by atoms with van der Waals surface area (Å²) in [4.78, 5) is 15.8. The number of pyridine rings is 3. The van der Waals surface area contributed by atoms with Crippen LogP contribution in [0, 0.1) is 41.5 Å². The SMILES string of the molecule is CCc1nc2c(CC)c(C)c(Oc3ccc(OC(F)(F)F)cc3)c(CC)c2c(OP(=O)(Oc2c(C)c(CC)nc3c(CC)c(C)c(Oc4ccc(OC(F)(F)F)cc4)c(CC)c23)Oc2c(C)c(CC)nc3c(CC)c(C)c(Oc4ccc(OC(F)(F)F)cc4)c(CC)c23)c1C. The highest BCUT2D eigenvalue weighted by Gasteiger charge is 2.42. The van der Waals surface area contributed by atoms with Gasteiger partial charge in [0.05, 0.1) is 32.7 Å². The maximum absolute atomic E-state index is 17.8. The van der Waals surface area contributed by atoms with Gasteiger partial charge in [-0.05, 0) is 206 Å². The molecule has 0 fully saturated rings. The molecule has 0 saturated carbocycles. The van der Waals surface area contributed by atoms with Gasteiger partial charge in [0, 0.05) is 50.5 Å². The molecule has 0 aliphatic rings. The first kappa shape index (κ1) is 70.7. The number of phosphoric acid groups is 1. The summed E-state index contributed by atoms with van der Waals surface area (Å²) in [5.41, 5.74) is 10.4. The number of nitrogens with zero attached hydrogens (tertiary/aromatic N) is 3. The van der Waals surface area contributed by atoms with Crippen LogP contribution < -0.4 is 42.0 Å². The molecule has 0 amide bonds. The van der Waals surface area contributed by atoms with Crippen LogP contribution in [0.4, 0.5) is 39.5 Å². The minimum Gasteiger partial charge on any atom is -0.457 e. The standard InChI is InChI=1S/C72H75F9N3O10P/c1-16-49-37(10)64(86-43-25-31-46(32-26-43)89-70(73,74)75)52(19-4)58-61(49)82-55(22-7)40(13)67(58)92-95(85,93-68-41(14)56(23-8)83-62-50(17-2)38(11)65(53(20-5)59(62)68)87-44-27-33-47(34-28-44)90-71(76,77)78)94-69-42(15)57(24-9)84-63-51(18-3)39(12)66(54(21-6)60(63)69)88-45-29-35-48(36-30-45)91-72(79,80)81/h25-36H,16-24H2,1-15H3. The van der Waals surface area contributed by atoms with Gasteiger partial charge in [-0.2, -0.15) is 4.57 Å². The topological polar surface area (TPSA) is 139 Å². The average Bonchev–Trinajstić information content (AvgIpc) is 0.739. The van der Waals surface area contributed by atoms with Crippen molar-refractivity contribution in [2.75, 3.05) is 0 Å². The van der Waals surface area contributed by atoms with Gasteiger partial charge in [0.15, 0.2) is 0 Å². The van der Waals surface area contributed by atoms with Gasteiger partial charge in [0.2, 0.25) is 0 Å². The van der Waals surface area contributed by atoms with Crippen molar-refractivity contribution in [1.82, 2.24) is 15.0 Å². The fraction of sp³-hybridized carbons (Fsp3) is 0.375. The van der Waals surface area contributed by atoms with Crippen LogP contribution in [0.3, 0.4) is 0 Å². The largest absolute Gasteiger partial charge is 0.647 e. The highest BCUT2D eigenvalue weighted by molar-refractivity contribution is 7.49. The Kier molecular flexibility index (Phi) is 20.8. The number of ether oxygens (including phenoxy) is 6. The average molecular weight is 1340 g/mol. The van der Waals surface area contributed by atoms with E-state index in [2.05, 4.69) is 14.2 Å². The third-order valence-corrected chi connectivity index (χ3v) is 18.2. The number of rotatable bonds is 24. The van der Waals surface area contributed by atoms with Crippen molar-refractivity contribution in [2.45, 2.75) is 181 Å². The molecule has 3 aromatic heterocycles. The highest BCUT2D eigenvalue weighted by Crippen LogP contribution is 2.59. The first-order valence-electron chi connectivity index (χ1n) is 31.6. The number of alkyl halides is 9. The van der Waals surface area contributed by atoms with Crippen molar-refractivity contribution < 1.29 is 86.1 Å². The van der Waals surface area contributed by atoms with E-state index < -0.39 is 44.2 Å². The maximum atomic E-state index is 17.8. The molecule has 0 bridgehead atoms. The zero-order valence-electron chi connectivity index (χ0n) is 55.6. The van der Waals surface area contributed by atoms with E-state index in [1.807, 2.05) is 83.1 Å². The van der Waals surface area contributed by atoms with Gasteiger partial charge < -0.3 is 42.0 Å². The van der Waals surface area contributed by atoms with E-state index in [1.54, 1.807) is 20.8 Å². The second kappa shape index (κ2) is 28.0. The Labute approximate surface area is 545 Å². The Bertz CT molecular complexity index is 3980. The Morgan fingerprint density at radius 1 is 0.305 bits per heavy atom. The summed E-state index contributed by atoms with van der Waals surface area (Å²) in [6.07, 6.45) is -11.7. The number of hydrogen-bond donors (Lipinski definition) is 0. The van der Waals surface area contributed by atoms with Crippen LogP contribution >= 0.6 is 7.82 Å². The summed E-state index contributed by atoms with van der Waals surface area (Å²) in [5.74, 6) is 0.385. The van der Waals surface area contributed by atoms with Crippen LogP contribution in [-0.2, 0) is 62.4 Å². The van der Waals surface area contributed by atoms with E-state index in [1.165, 1.54) is 36.4 Å². The third kappa shape index (κ3) is 14.6. The van der Waals surface area contributed by atoms with Gasteiger partial charge in [0.25, 0.3) is 0 Å². The van der Waals surface area contributed by atoms with E-state index in [0.717, 1.165) is 53.1 Å². The predicted molar refractivity (Wildman–Crippen MR) is 347 cm³/mol. The third-order valence-electron chi connectivity index (χ3n) is 17.0. The number of fused-ring (bicyclic) bond motifs is 3. The Balaban J connectivity index is 1.37. The van der Waals surface area contributed by atoms with E-state index in [4.69, 9.17) is 42.7 Å². The van der Waals surface area contributed by atoms with E-state index >= 15 is 4.57 Å². The molecule has 6 aromatic carbocycles. The number of aryl methyl sites for hydroxylation is 9. The molecule has 3 heterocycles. The molecule has 0 unspecified atom stereocenters. The first-order valence-corrected chi connectivity index (χ1v) is 33.1. The monoisotopic (exact) mass is 1340 g/mol. The van der Waals surface area contributed by atoms with Gasteiger partial charge in [-0.1, -0.05) is 62.3 Å². The van der Waals surface area contributed by atoms with Crippen LogP contribution in [0.2, 0.25) is 0 Å².